The molecule has 3 N–H and O–H groups in total. The average Bonchev–Trinajstić information content (AvgIpc) is 2.40. The molecule has 0 fully saturated rings. The Labute approximate surface area is 145 Å². The maximum Gasteiger partial charge on any atom is 0.263 e. The second-order valence-corrected chi connectivity index (χ2v) is 7.95. The van der Waals surface area contributed by atoms with Crippen LogP contribution in [0.3, 0.4) is 0 Å². The van der Waals surface area contributed by atoms with E-state index in [0.717, 1.165) is 4.47 Å². The number of thiocarbonyl (C=S) groups is 1. The van der Waals surface area contributed by atoms with Crippen LogP contribution in [0.25, 0.3) is 0 Å². The molecule has 0 heterocycles. The van der Waals surface area contributed by atoms with E-state index in [2.05, 4.69) is 36.6 Å². The highest BCUT2D eigenvalue weighted by atomic mass is 79.9. The van der Waals surface area contributed by atoms with E-state index in [9.17, 15) is 8.42 Å². The van der Waals surface area contributed by atoms with E-state index in [4.69, 9.17) is 18.0 Å². The van der Waals surface area contributed by atoms with E-state index in [-0.39, 0.29) is 9.88 Å². The third kappa shape index (κ3) is 3.82. The number of nitrogens with two attached hydrogens (primary N) is 1. The molecule has 2 rings (SSSR count). The number of benzene rings is 2. The van der Waals surface area contributed by atoms with Crippen LogP contribution in [-0.4, -0.2) is 13.4 Å². The molecule has 0 unspecified atom stereocenters. The van der Waals surface area contributed by atoms with Gasteiger partial charge in [-0.2, -0.15) is 0 Å². The van der Waals surface area contributed by atoms with Gasteiger partial charge in [-0.05, 0) is 46.3 Å². The Balaban J connectivity index is 2.47. The van der Waals surface area contributed by atoms with E-state index in [1.807, 2.05) is 0 Å². The molecule has 0 aromatic heterocycles. The first-order valence-corrected chi connectivity index (χ1v) is 9.16. The Morgan fingerprint density at radius 2 is 1.81 bits per heavy atom. The van der Waals surface area contributed by atoms with Gasteiger partial charge in [-0.1, -0.05) is 40.3 Å². The molecule has 8 heteroatoms. The normalized spacial score (nSPS) is 11.1. The van der Waals surface area contributed by atoms with E-state index in [0.29, 0.717) is 15.7 Å². The molecule has 0 spiro atoms. The Hall–Kier alpha value is -0.960. The standard InChI is InChI=1S/C13H10Br2N2O2S2/c14-8-5-6-11(9(7-8)13(16)20)17-21(18,19)12-4-2-1-3-10(12)15/h1-7,17H,(H2,16,20). The fraction of sp³-hybridized carbons (Fsp3) is 0. The van der Waals surface area contributed by atoms with Crippen LogP contribution in [0.1, 0.15) is 5.56 Å². The number of sulfonamides is 1. The van der Waals surface area contributed by atoms with Gasteiger partial charge in [0.15, 0.2) is 0 Å². The van der Waals surface area contributed by atoms with Gasteiger partial charge < -0.3 is 5.73 Å². The van der Waals surface area contributed by atoms with E-state index >= 15 is 0 Å². The van der Waals surface area contributed by atoms with Gasteiger partial charge in [0.1, 0.15) is 9.88 Å². The Morgan fingerprint density at radius 3 is 2.43 bits per heavy atom. The van der Waals surface area contributed by atoms with Crippen molar-refractivity contribution in [3.8, 4) is 0 Å². The highest BCUT2D eigenvalue weighted by Gasteiger charge is 2.19. The summed E-state index contributed by atoms with van der Waals surface area (Å²) in [5.74, 6) is 0. The minimum absolute atomic E-state index is 0.112. The third-order valence-electron chi connectivity index (χ3n) is 2.62. The minimum atomic E-state index is -3.74. The van der Waals surface area contributed by atoms with Crippen LogP contribution in [0.15, 0.2) is 56.3 Å². The second-order valence-electron chi connectivity index (χ2n) is 4.09. The predicted molar refractivity (Wildman–Crippen MR) is 95.0 cm³/mol. The number of halogens is 2. The summed E-state index contributed by atoms with van der Waals surface area (Å²) in [6.07, 6.45) is 0. The maximum absolute atomic E-state index is 12.4. The Morgan fingerprint density at radius 1 is 1.14 bits per heavy atom. The van der Waals surface area contributed by atoms with Gasteiger partial charge in [0, 0.05) is 14.5 Å². The zero-order valence-electron chi connectivity index (χ0n) is 10.5. The van der Waals surface area contributed by atoms with Crippen molar-refractivity contribution in [3.05, 3.63) is 57.0 Å². The van der Waals surface area contributed by atoms with E-state index in [1.165, 1.54) is 6.07 Å². The molecule has 0 saturated heterocycles. The zero-order chi connectivity index (χ0) is 15.6. The molecule has 110 valence electrons. The molecule has 0 aliphatic rings. The number of hydrogen-bond acceptors (Lipinski definition) is 3. The van der Waals surface area contributed by atoms with Crippen LogP contribution in [0.4, 0.5) is 5.69 Å². The van der Waals surface area contributed by atoms with Crippen LogP contribution in [-0.2, 0) is 10.0 Å². The summed E-state index contributed by atoms with van der Waals surface area (Å²) in [5.41, 5.74) is 6.43. The third-order valence-corrected chi connectivity index (χ3v) is 5.71. The second kappa shape index (κ2) is 6.43. The van der Waals surface area contributed by atoms with Crippen molar-refractivity contribution in [1.29, 1.82) is 0 Å². The topological polar surface area (TPSA) is 72.2 Å². The van der Waals surface area contributed by atoms with Crippen molar-refractivity contribution in [1.82, 2.24) is 0 Å². The first-order chi connectivity index (χ1) is 9.81. The molecule has 0 bridgehead atoms. The summed E-state index contributed by atoms with van der Waals surface area (Å²) in [5, 5.41) is 0. The molecule has 0 amide bonds. The zero-order valence-corrected chi connectivity index (χ0v) is 15.3. The lowest BCUT2D eigenvalue weighted by atomic mass is 10.2. The first kappa shape index (κ1) is 16.4. The van der Waals surface area contributed by atoms with Crippen LogP contribution in [0, 0.1) is 0 Å². The average molecular weight is 450 g/mol. The maximum atomic E-state index is 12.4. The molecule has 2 aromatic rings. The van der Waals surface area contributed by atoms with E-state index < -0.39 is 10.0 Å². The summed E-state index contributed by atoms with van der Waals surface area (Å²) in [6.45, 7) is 0. The van der Waals surface area contributed by atoms with Crippen LogP contribution in [0.5, 0.6) is 0 Å². The quantitative estimate of drug-likeness (QED) is 0.698. The van der Waals surface area contributed by atoms with Gasteiger partial charge in [-0.3, -0.25) is 4.72 Å². The number of hydrogen-bond donors (Lipinski definition) is 2. The lowest BCUT2D eigenvalue weighted by molar-refractivity contribution is 0.601. The molecule has 0 aliphatic heterocycles. The van der Waals surface area contributed by atoms with Crippen LogP contribution < -0.4 is 10.5 Å². The van der Waals surface area contributed by atoms with Gasteiger partial charge in [-0.25, -0.2) is 8.42 Å². The monoisotopic (exact) mass is 448 g/mol. The number of anilines is 1. The van der Waals surface area contributed by atoms with Crippen molar-refractivity contribution in [2.45, 2.75) is 4.90 Å². The highest BCUT2D eigenvalue weighted by molar-refractivity contribution is 9.10. The van der Waals surface area contributed by atoms with E-state index in [1.54, 1.807) is 36.4 Å². The van der Waals surface area contributed by atoms with Crippen LogP contribution >= 0.6 is 44.1 Å². The molecule has 0 saturated carbocycles. The molecule has 2 aromatic carbocycles. The SMILES string of the molecule is NC(=S)c1cc(Br)ccc1NS(=O)(=O)c1ccccc1Br. The molecule has 21 heavy (non-hydrogen) atoms. The van der Waals surface area contributed by atoms with Crippen molar-refractivity contribution < 1.29 is 8.42 Å². The summed E-state index contributed by atoms with van der Waals surface area (Å²) in [6, 6.07) is 11.5. The predicted octanol–water partition coefficient (Wildman–Crippen LogP) is 3.65. The van der Waals surface area contributed by atoms with Gasteiger partial charge in [-0.15, -0.1) is 0 Å². The number of rotatable bonds is 4. The summed E-state index contributed by atoms with van der Waals surface area (Å²) >= 11 is 11.5. The lowest BCUT2D eigenvalue weighted by Gasteiger charge is -2.13. The van der Waals surface area contributed by atoms with Gasteiger partial charge in [0.05, 0.1) is 5.69 Å². The summed E-state index contributed by atoms with van der Waals surface area (Å²) in [4.78, 5) is 0.253. The van der Waals surface area contributed by atoms with Gasteiger partial charge in [0.25, 0.3) is 10.0 Å². The van der Waals surface area contributed by atoms with Crippen molar-refractivity contribution in [3.63, 3.8) is 0 Å². The number of nitrogens with one attached hydrogen (secondary N) is 1. The molecule has 0 aliphatic carbocycles. The fourth-order valence-corrected chi connectivity index (χ4v) is 4.29. The fourth-order valence-electron chi connectivity index (χ4n) is 1.67. The van der Waals surface area contributed by atoms with Gasteiger partial charge >= 0.3 is 0 Å². The molecular weight excluding hydrogens is 440 g/mol. The molecule has 0 radical (unpaired) electrons. The largest absolute Gasteiger partial charge is 0.389 e. The minimum Gasteiger partial charge on any atom is -0.389 e. The van der Waals surface area contributed by atoms with Gasteiger partial charge in [0.2, 0.25) is 0 Å². The van der Waals surface area contributed by atoms with Crippen LogP contribution in [0.2, 0.25) is 0 Å². The van der Waals surface area contributed by atoms with Crippen molar-refractivity contribution in [2.75, 3.05) is 4.72 Å². The first-order valence-electron chi connectivity index (χ1n) is 5.68. The van der Waals surface area contributed by atoms with Crippen molar-refractivity contribution in [2.24, 2.45) is 5.73 Å². The Bertz CT molecular complexity index is 808. The summed E-state index contributed by atoms with van der Waals surface area (Å²) < 4.78 is 28.6. The highest BCUT2D eigenvalue weighted by Crippen LogP contribution is 2.27. The molecule has 0 atom stereocenters. The summed E-state index contributed by atoms with van der Waals surface area (Å²) in [7, 11) is -3.74. The Kier molecular flexibility index (Phi) is 5.03. The lowest BCUT2D eigenvalue weighted by Crippen LogP contribution is -2.18. The smallest absolute Gasteiger partial charge is 0.263 e. The molecule has 4 nitrogen and oxygen atoms in total. The van der Waals surface area contributed by atoms with Crippen molar-refractivity contribution >= 4 is 64.8 Å². The molecular formula is C13H10Br2N2O2S2.